The highest BCUT2D eigenvalue weighted by Gasteiger charge is 2.26. The molecule has 0 aromatic heterocycles. The number of carbonyl (C=O) groups is 2. The van der Waals surface area contributed by atoms with Crippen LogP contribution >= 0.6 is 11.6 Å². The normalized spacial score (nSPS) is 11.6. The van der Waals surface area contributed by atoms with Crippen molar-refractivity contribution in [2.24, 2.45) is 0 Å². The maximum absolute atomic E-state index is 13.0. The van der Waals surface area contributed by atoms with E-state index in [0.29, 0.717) is 30.3 Å². The molecular formula is C25H33ClN2O3. The van der Waals surface area contributed by atoms with Crippen molar-refractivity contribution >= 4 is 23.4 Å². The third kappa shape index (κ3) is 7.59. The second kappa shape index (κ2) is 12.4. The van der Waals surface area contributed by atoms with E-state index in [2.05, 4.69) is 12.2 Å². The minimum Gasteiger partial charge on any atom is -0.484 e. The van der Waals surface area contributed by atoms with Gasteiger partial charge >= 0.3 is 0 Å². The Morgan fingerprint density at radius 1 is 1.13 bits per heavy atom. The number of amides is 2. The van der Waals surface area contributed by atoms with Crippen LogP contribution in [0.1, 0.15) is 43.4 Å². The molecule has 0 aliphatic heterocycles. The summed E-state index contributed by atoms with van der Waals surface area (Å²) in [5.74, 6) is 0.225. The summed E-state index contributed by atoms with van der Waals surface area (Å²) in [5.41, 5.74) is 2.91. The molecule has 2 aromatic carbocycles. The summed E-state index contributed by atoms with van der Waals surface area (Å²) in [6.45, 7) is 8.55. The summed E-state index contributed by atoms with van der Waals surface area (Å²) >= 11 is 6.22. The molecule has 31 heavy (non-hydrogen) atoms. The lowest BCUT2D eigenvalue weighted by molar-refractivity contribution is -0.141. The lowest BCUT2D eigenvalue weighted by Crippen LogP contribution is -2.50. The molecule has 2 amide bonds. The average molecular weight is 445 g/mol. The Labute approximate surface area is 190 Å². The van der Waals surface area contributed by atoms with Crippen molar-refractivity contribution in [3.63, 3.8) is 0 Å². The SMILES string of the molecule is CCCCNC(=O)C(C)N(CCc1ccccc1)C(=O)COc1cc(C)c(Cl)c(C)c1. The molecule has 2 rings (SSSR count). The molecule has 0 bridgehead atoms. The van der Waals surface area contributed by atoms with Gasteiger partial charge in [0.25, 0.3) is 5.91 Å². The van der Waals surface area contributed by atoms with Crippen LogP contribution < -0.4 is 10.1 Å². The maximum Gasteiger partial charge on any atom is 0.261 e. The first-order valence-electron chi connectivity index (χ1n) is 10.8. The van der Waals surface area contributed by atoms with Crippen molar-refractivity contribution < 1.29 is 14.3 Å². The molecule has 0 aliphatic carbocycles. The summed E-state index contributed by atoms with van der Waals surface area (Å²) in [5, 5.41) is 3.62. The first-order chi connectivity index (χ1) is 14.8. The number of benzene rings is 2. The monoisotopic (exact) mass is 444 g/mol. The quantitative estimate of drug-likeness (QED) is 0.510. The van der Waals surface area contributed by atoms with Crippen LogP contribution in [-0.4, -0.2) is 42.5 Å². The minimum absolute atomic E-state index is 0.137. The molecule has 0 aliphatic rings. The number of nitrogens with one attached hydrogen (secondary N) is 1. The number of carbonyl (C=O) groups excluding carboxylic acids is 2. The Morgan fingerprint density at radius 3 is 2.39 bits per heavy atom. The molecule has 5 nitrogen and oxygen atoms in total. The van der Waals surface area contributed by atoms with Gasteiger partial charge in [0.15, 0.2) is 6.61 Å². The number of ether oxygens (including phenoxy) is 1. The summed E-state index contributed by atoms with van der Waals surface area (Å²) in [4.78, 5) is 27.3. The van der Waals surface area contributed by atoms with Crippen LogP contribution in [0.5, 0.6) is 5.75 Å². The zero-order valence-electron chi connectivity index (χ0n) is 18.9. The van der Waals surface area contributed by atoms with Crippen molar-refractivity contribution in [3.8, 4) is 5.75 Å². The smallest absolute Gasteiger partial charge is 0.261 e. The molecule has 168 valence electrons. The first kappa shape index (κ1) is 24.7. The second-order valence-electron chi connectivity index (χ2n) is 7.80. The van der Waals surface area contributed by atoms with Crippen molar-refractivity contribution in [2.45, 2.75) is 53.0 Å². The van der Waals surface area contributed by atoms with E-state index in [0.717, 1.165) is 29.5 Å². The Balaban J connectivity index is 2.08. The fraction of sp³-hybridized carbons (Fsp3) is 0.440. The number of hydrogen-bond acceptors (Lipinski definition) is 3. The number of halogens is 1. The number of hydrogen-bond donors (Lipinski definition) is 1. The van der Waals surface area contributed by atoms with Crippen molar-refractivity contribution in [2.75, 3.05) is 19.7 Å². The average Bonchev–Trinajstić information content (AvgIpc) is 2.76. The van der Waals surface area contributed by atoms with Gasteiger partial charge in [-0.25, -0.2) is 0 Å². The van der Waals surface area contributed by atoms with Crippen LogP contribution in [0.25, 0.3) is 0 Å². The Bertz CT molecular complexity index is 847. The molecule has 0 heterocycles. The van der Waals surface area contributed by atoms with Gasteiger partial charge in [-0.15, -0.1) is 0 Å². The second-order valence-corrected chi connectivity index (χ2v) is 8.18. The van der Waals surface area contributed by atoms with E-state index in [1.54, 1.807) is 11.8 Å². The van der Waals surface area contributed by atoms with Crippen LogP contribution in [0.15, 0.2) is 42.5 Å². The predicted molar refractivity (Wildman–Crippen MR) is 126 cm³/mol. The Kier molecular flexibility index (Phi) is 9.86. The third-order valence-corrected chi connectivity index (χ3v) is 5.85. The number of nitrogens with zero attached hydrogens (tertiary/aromatic N) is 1. The zero-order valence-corrected chi connectivity index (χ0v) is 19.7. The van der Waals surface area contributed by atoms with Crippen LogP contribution in [-0.2, 0) is 16.0 Å². The molecule has 0 radical (unpaired) electrons. The predicted octanol–water partition coefficient (Wildman–Crippen LogP) is 4.71. The molecular weight excluding hydrogens is 412 g/mol. The van der Waals surface area contributed by atoms with E-state index in [4.69, 9.17) is 16.3 Å². The third-order valence-electron chi connectivity index (χ3n) is 5.25. The van der Waals surface area contributed by atoms with Gasteiger partial charge in [-0.1, -0.05) is 55.3 Å². The fourth-order valence-electron chi connectivity index (χ4n) is 3.32. The van der Waals surface area contributed by atoms with E-state index >= 15 is 0 Å². The first-order valence-corrected chi connectivity index (χ1v) is 11.2. The van der Waals surface area contributed by atoms with Crippen molar-refractivity contribution in [1.82, 2.24) is 10.2 Å². The molecule has 1 unspecified atom stereocenters. The highest BCUT2D eigenvalue weighted by Crippen LogP contribution is 2.25. The lowest BCUT2D eigenvalue weighted by Gasteiger charge is -2.28. The van der Waals surface area contributed by atoms with E-state index in [9.17, 15) is 9.59 Å². The maximum atomic E-state index is 13.0. The summed E-state index contributed by atoms with van der Waals surface area (Å²) in [6.07, 6.45) is 2.58. The van der Waals surface area contributed by atoms with Gasteiger partial charge in [-0.2, -0.15) is 0 Å². The molecule has 0 fully saturated rings. The standard InChI is InChI=1S/C25H33ClN2O3/c1-5-6-13-27-25(30)20(4)28(14-12-21-10-8-7-9-11-21)23(29)17-31-22-15-18(2)24(26)19(3)16-22/h7-11,15-16,20H,5-6,12-14,17H2,1-4H3,(H,27,30). The van der Waals surface area contributed by atoms with Gasteiger partial charge in [0.05, 0.1) is 0 Å². The highest BCUT2D eigenvalue weighted by atomic mass is 35.5. The van der Waals surface area contributed by atoms with Crippen LogP contribution in [0.4, 0.5) is 0 Å². The van der Waals surface area contributed by atoms with Crippen LogP contribution in [0, 0.1) is 13.8 Å². The Hall–Kier alpha value is -2.53. The number of unbranched alkanes of at least 4 members (excludes halogenated alkanes) is 1. The van der Waals surface area contributed by atoms with Gasteiger partial charge in [-0.3, -0.25) is 9.59 Å². The molecule has 0 saturated carbocycles. The molecule has 2 aromatic rings. The molecule has 0 spiro atoms. The summed E-state index contributed by atoms with van der Waals surface area (Å²) in [7, 11) is 0. The van der Waals surface area contributed by atoms with Crippen molar-refractivity contribution in [1.29, 1.82) is 0 Å². The van der Waals surface area contributed by atoms with Crippen molar-refractivity contribution in [3.05, 3.63) is 64.2 Å². The van der Waals surface area contributed by atoms with Gasteiger partial charge < -0.3 is 15.0 Å². The van der Waals surface area contributed by atoms with Gasteiger partial charge in [-0.05, 0) is 62.4 Å². The highest BCUT2D eigenvalue weighted by molar-refractivity contribution is 6.32. The van der Waals surface area contributed by atoms with E-state index < -0.39 is 6.04 Å². The minimum atomic E-state index is -0.578. The lowest BCUT2D eigenvalue weighted by atomic mass is 10.1. The molecule has 0 saturated heterocycles. The largest absolute Gasteiger partial charge is 0.484 e. The molecule has 1 atom stereocenters. The topological polar surface area (TPSA) is 58.6 Å². The zero-order chi connectivity index (χ0) is 22.8. The summed E-state index contributed by atoms with van der Waals surface area (Å²) < 4.78 is 5.76. The number of aryl methyl sites for hydroxylation is 2. The van der Waals surface area contributed by atoms with E-state index in [1.807, 2.05) is 56.3 Å². The van der Waals surface area contributed by atoms with Gasteiger partial charge in [0, 0.05) is 18.1 Å². The van der Waals surface area contributed by atoms with Crippen LogP contribution in [0.3, 0.4) is 0 Å². The van der Waals surface area contributed by atoms with E-state index in [1.165, 1.54) is 0 Å². The van der Waals surface area contributed by atoms with E-state index in [-0.39, 0.29) is 18.4 Å². The molecule has 1 N–H and O–H groups in total. The molecule has 6 heteroatoms. The Morgan fingerprint density at radius 2 is 1.77 bits per heavy atom. The van der Waals surface area contributed by atoms with Gasteiger partial charge in [0.1, 0.15) is 11.8 Å². The van der Waals surface area contributed by atoms with Crippen LogP contribution in [0.2, 0.25) is 5.02 Å². The number of rotatable bonds is 11. The summed E-state index contributed by atoms with van der Waals surface area (Å²) in [6, 6.07) is 13.0. The van der Waals surface area contributed by atoms with Gasteiger partial charge in [0.2, 0.25) is 5.91 Å². The fourth-order valence-corrected chi connectivity index (χ4v) is 3.43.